The van der Waals surface area contributed by atoms with Crippen molar-refractivity contribution in [2.24, 2.45) is 0 Å². The number of carbonyl (C=O) groups is 1. The van der Waals surface area contributed by atoms with Crippen LogP contribution in [0.3, 0.4) is 0 Å². The summed E-state index contributed by atoms with van der Waals surface area (Å²) >= 11 is 0. The van der Waals surface area contributed by atoms with E-state index in [1.165, 1.54) is 5.56 Å². The highest BCUT2D eigenvalue weighted by Crippen LogP contribution is 2.27. The molecule has 0 aliphatic rings. The molecule has 0 saturated carbocycles. The van der Waals surface area contributed by atoms with E-state index < -0.39 is 5.92 Å². The highest BCUT2D eigenvalue weighted by molar-refractivity contribution is 5.84. The van der Waals surface area contributed by atoms with Crippen LogP contribution in [-0.2, 0) is 11.4 Å². The number of aliphatic hydroxyl groups is 1. The predicted molar refractivity (Wildman–Crippen MR) is 90.6 cm³/mol. The van der Waals surface area contributed by atoms with Crippen molar-refractivity contribution < 1.29 is 14.6 Å². The van der Waals surface area contributed by atoms with Gasteiger partial charge in [-0.05, 0) is 31.0 Å². The van der Waals surface area contributed by atoms with Crippen molar-refractivity contribution in [1.82, 2.24) is 5.32 Å². The van der Waals surface area contributed by atoms with E-state index in [0.717, 1.165) is 11.1 Å². The molecule has 0 aliphatic carbocycles. The number of nitrogens with one attached hydrogen (secondary N) is 1. The molecule has 0 bridgehead atoms. The Morgan fingerprint density at radius 3 is 2.65 bits per heavy atom. The van der Waals surface area contributed by atoms with E-state index in [0.29, 0.717) is 17.9 Å². The number of aryl methyl sites for hydroxylation is 2. The second kappa shape index (κ2) is 7.79. The van der Waals surface area contributed by atoms with Gasteiger partial charge in [0.2, 0.25) is 5.91 Å². The van der Waals surface area contributed by atoms with Crippen LogP contribution in [0.15, 0.2) is 42.5 Å². The van der Waals surface area contributed by atoms with E-state index in [9.17, 15) is 9.90 Å². The van der Waals surface area contributed by atoms with Crippen LogP contribution in [0.25, 0.3) is 0 Å². The van der Waals surface area contributed by atoms with Crippen molar-refractivity contribution in [1.29, 1.82) is 0 Å². The van der Waals surface area contributed by atoms with Gasteiger partial charge in [0, 0.05) is 12.6 Å². The fourth-order valence-electron chi connectivity index (χ4n) is 2.51. The number of carbonyl (C=O) groups excluding carboxylic acids is 1. The Morgan fingerprint density at radius 2 is 1.96 bits per heavy atom. The van der Waals surface area contributed by atoms with Crippen LogP contribution in [-0.4, -0.2) is 24.7 Å². The molecule has 0 fully saturated rings. The average Bonchev–Trinajstić information content (AvgIpc) is 2.57. The Hall–Kier alpha value is -2.33. The van der Waals surface area contributed by atoms with E-state index in [1.807, 2.05) is 38.1 Å². The van der Waals surface area contributed by atoms with E-state index in [4.69, 9.17) is 4.74 Å². The van der Waals surface area contributed by atoms with Gasteiger partial charge in [0.25, 0.3) is 0 Å². The van der Waals surface area contributed by atoms with Gasteiger partial charge in [-0.25, -0.2) is 0 Å². The van der Waals surface area contributed by atoms with Gasteiger partial charge in [0.15, 0.2) is 0 Å². The van der Waals surface area contributed by atoms with E-state index in [2.05, 4.69) is 23.5 Å². The first-order valence-electron chi connectivity index (χ1n) is 7.67. The van der Waals surface area contributed by atoms with Crippen molar-refractivity contribution in [3.8, 4) is 5.75 Å². The number of para-hydroxylation sites is 1. The van der Waals surface area contributed by atoms with Crippen molar-refractivity contribution in [2.45, 2.75) is 26.4 Å². The molecule has 0 saturated heterocycles. The number of benzene rings is 2. The van der Waals surface area contributed by atoms with Gasteiger partial charge >= 0.3 is 0 Å². The molecule has 23 heavy (non-hydrogen) atoms. The minimum atomic E-state index is -0.630. The molecule has 0 spiro atoms. The van der Waals surface area contributed by atoms with Crippen molar-refractivity contribution in [3.63, 3.8) is 0 Å². The van der Waals surface area contributed by atoms with Crippen LogP contribution in [0.5, 0.6) is 5.75 Å². The quantitative estimate of drug-likeness (QED) is 0.862. The highest BCUT2D eigenvalue weighted by Gasteiger charge is 2.22. The first-order valence-corrected chi connectivity index (χ1v) is 7.67. The van der Waals surface area contributed by atoms with Crippen LogP contribution in [0.2, 0.25) is 0 Å². The van der Waals surface area contributed by atoms with Gasteiger partial charge in [0.05, 0.1) is 12.5 Å². The van der Waals surface area contributed by atoms with Crippen molar-refractivity contribution in [2.75, 3.05) is 13.7 Å². The Kier molecular flexibility index (Phi) is 5.77. The first kappa shape index (κ1) is 17.0. The molecule has 4 nitrogen and oxygen atoms in total. The lowest BCUT2D eigenvalue weighted by atomic mass is 9.98. The SMILES string of the molecule is CNC(=O)[C@@H](CO)c1ccccc1OCc1cc(C)ccc1C. The average molecular weight is 313 g/mol. The topological polar surface area (TPSA) is 58.6 Å². The molecule has 2 aromatic rings. The summed E-state index contributed by atoms with van der Waals surface area (Å²) in [5, 5.41) is 12.1. The molecule has 122 valence electrons. The Balaban J connectivity index is 2.23. The number of likely N-dealkylation sites (N-methyl/N-ethyl adjacent to an activating group) is 1. The minimum absolute atomic E-state index is 0.227. The molecule has 0 aromatic heterocycles. The number of rotatable bonds is 6. The van der Waals surface area contributed by atoms with Crippen LogP contribution < -0.4 is 10.1 Å². The number of ether oxygens (including phenoxy) is 1. The zero-order valence-corrected chi connectivity index (χ0v) is 13.8. The zero-order chi connectivity index (χ0) is 16.8. The smallest absolute Gasteiger partial charge is 0.229 e. The van der Waals surface area contributed by atoms with E-state index in [-0.39, 0.29) is 12.5 Å². The van der Waals surface area contributed by atoms with Crippen molar-refractivity contribution >= 4 is 5.91 Å². The zero-order valence-electron chi connectivity index (χ0n) is 13.8. The van der Waals surface area contributed by atoms with E-state index >= 15 is 0 Å². The molecule has 2 rings (SSSR count). The molecule has 2 N–H and O–H groups in total. The standard InChI is InChI=1S/C19H23NO3/c1-13-8-9-14(2)15(10-13)12-23-18-7-5-4-6-16(18)17(11-21)19(22)20-3/h4-10,17,21H,11-12H2,1-3H3,(H,20,22)/t17-/m0/s1. The van der Waals surface area contributed by atoms with Crippen LogP contribution >= 0.6 is 0 Å². The fourth-order valence-corrected chi connectivity index (χ4v) is 2.51. The predicted octanol–water partition coefficient (Wildman–Crippen LogP) is 2.70. The van der Waals surface area contributed by atoms with Crippen molar-refractivity contribution in [3.05, 3.63) is 64.7 Å². The second-order valence-electron chi connectivity index (χ2n) is 5.61. The minimum Gasteiger partial charge on any atom is -0.489 e. The number of amides is 1. The Labute approximate surface area is 137 Å². The summed E-state index contributed by atoms with van der Waals surface area (Å²) in [4.78, 5) is 11.9. The maximum atomic E-state index is 11.9. The van der Waals surface area contributed by atoms with Gasteiger partial charge in [-0.1, -0.05) is 42.0 Å². The van der Waals surface area contributed by atoms with Crippen LogP contribution in [0.4, 0.5) is 0 Å². The Bertz CT molecular complexity index is 682. The van der Waals surface area contributed by atoms with E-state index in [1.54, 1.807) is 7.05 Å². The lowest BCUT2D eigenvalue weighted by Crippen LogP contribution is -2.28. The molecule has 1 amide bonds. The molecule has 0 heterocycles. The van der Waals surface area contributed by atoms with Gasteiger partial charge in [-0.2, -0.15) is 0 Å². The summed E-state index contributed by atoms with van der Waals surface area (Å²) in [5.74, 6) is -0.235. The fraction of sp³-hybridized carbons (Fsp3) is 0.316. The van der Waals surface area contributed by atoms with Gasteiger partial charge in [-0.15, -0.1) is 0 Å². The third-order valence-corrected chi connectivity index (χ3v) is 3.93. The number of aliphatic hydroxyl groups excluding tert-OH is 1. The normalized spacial score (nSPS) is 11.8. The molecular formula is C19H23NO3. The number of hydrogen-bond donors (Lipinski definition) is 2. The third-order valence-electron chi connectivity index (χ3n) is 3.93. The third kappa shape index (κ3) is 4.11. The monoisotopic (exact) mass is 313 g/mol. The molecule has 0 aliphatic heterocycles. The summed E-state index contributed by atoms with van der Waals surface area (Å²) in [6, 6.07) is 13.6. The molecular weight excluding hydrogens is 290 g/mol. The summed E-state index contributed by atoms with van der Waals surface area (Å²) in [5.41, 5.74) is 4.15. The molecule has 0 radical (unpaired) electrons. The summed E-state index contributed by atoms with van der Waals surface area (Å²) in [7, 11) is 1.56. The largest absolute Gasteiger partial charge is 0.489 e. The maximum Gasteiger partial charge on any atom is 0.229 e. The molecule has 4 heteroatoms. The highest BCUT2D eigenvalue weighted by atomic mass is 16.5. The molecule has 1 atom stereocenters. The second-order valence-corrected chi connectivity index (χ2v) is 5.61. The summed E-state index contributed by atoms with van der Waals surface area (Å²) in [6.45, 7) is 4.26. The lowest BCUT2D eigenvalue weighted by Gasteiger charge is -2.18. The summed E-state index contributed by atoms with van der Waals surface area (Å²) in [6.07, 6.45) is 0. The van der Waals surface area contributed by atoms with Gasteiger partial charge in [0.1, 0.15) is 12.4 Å². The molecule has 2 aromatic carbocycles. The Morgan fingerprint density at radius 1 is 1.22 bits per heavy atom. The molecule has 0 unspecified atom stereocenters. The van der Waals surface area contributed by atoms with Gasteiger partial charge < -0.3 is 15.2 Å². The maximum absolute atomic E-state index is 11.9. The summed E-state index contributed by atoms with van der Waals surface area (Å²) < 4.78 is 5.95. The number of hydrogen-bond acceptors (Lipinski definition) is 3. The van der Waals surface area contributed by atoms with Crippen LogP contribution in [0.1, 0.15) is 28.2 Å². The first-order chi connectivity index (χ1) is 11.1. The lowest BCUT2D eigenvalue weighted by molar-refractivity contribution is -0.122. The van der Waals surface area contributed by atoms with Gasteiger partial charge in [-0.3, -0.25) is 4.79 Å². The van der Waals surface area contributed by atoms with Crippen LogP contribution in [0, 0.1) is 13.8 Å².